The Labute approximate surface area is 138 Å². The van der Waals surface area contributed by atoms with Crippen LogP contribution in [0.15, 0.2) is 41.4 Å². The summed E-state index contributed by atoms with van der Waals surface area (Å²) in [6.07, 6.45) is 1.64. The van der Waals surface area contributed by atoms with Gasteiger partial charge in [-0.2, -0.15) is 5.10 Å². The molecule has 0 radical (unpaired) electrons. The molecule has 0 bridgehead atoms. The number of anilines is 1. The highest BCUT2D eigenvalue weighted by Gasteiger charge is 2.17. The molecule has 2 aromatic rings. The molecule has 1 amide bonds. The van der Waals surface area contributed by atoms with Crippen molar-refractivity contribution in [3.8, 4) is 0 Å². The third-order valence-electron chi connectivity index (χ3n) is 3.14. The predicted octanol–water partition coefficient (Wildman–Crippen LogP) is 3.49. The number of hydrogen-bond donors (Lipinski definition) is 1. The average molecular weight is 334 g/mol. The smallest absolute Gasteiger partial charge is 0.269 e. The Bertz CT molecular complexity index is 697. The van der Waals surface area contributed by atoms with E-state index in [-0.39, 0.29) is 22.9 Å². The Balaban J connectivity index is 1.99. The van der Waals surface area contributed by atoms with Gasteiger partial charge in [0.1, 0.15) is 5.82 Å². The molecule has 2 rings (SSSR count). The molecule has 0 aliphatic carbocycles. The van der Waals surface area contributed by atoms with Gasteiger partial charge in [-0.1, -0.05) is 0 Å². The van der Waals surface area contributed by atoms with Crippen molar-refractivity contribution in [3.05, 3.63) is 46.6 Å². The van der Waals surface area contributed by atoms with E-state index in [1.165, 1.54) is 23.9 Å². The molecule has 1 atom stereocenters. The fourth-order valence-corrected chi connectivity index (χ4v) is 2.82. The van der Waals surface area contributed by atoms with Crippen LogP contribution in [0.25, 0.3) is 0 Å². The van der Waals surface area contributed by atoms with Crippen molar-refractivity contribution in [2.24, 2.45) is 0 Å². The van der Waals surface area contributed by atoms with Crippen LogP contribution in [0.5, 0.6) is 0 Å². The van der Waals surface area contributed by atoms with Gasteiger partial charge in [0.15, 0.2) is 0 Å². The van der Waals surface area contributed by atoms with Crippen LogP contribution in [0.4, 0.5) is 11.5 Å². The molecule has 0 aliphatic rings. The van der Waals surface area contributed by atoms with Crippen molar-refractivity contribution in [2.75, 3.05) is 5.32 Å². The third-order valence-corrected chi connectivity index (χ3v) is 4.25. The zero-order valence-corrected chi connectivity index (χ0v) is 13.9. The number of thioether (sulfide) groups is 1. The lowest BCUT2D eigenvalue weighted by Crippen LogP contribution is -2.24. The van der Waals surface area contributed by atoms with Crippen molar-refractivity contribution in [1.29, 1.82) is 0 Å². The molecule has 0 aliphatic heterocycles. The van der Waals surface area contributed by atoms with Crippen molar-refractivity contribution in [3.63, 3.8) is 0 Å². The van der Waals surface area contributed by atoms with Gasteiger partial charge in [-0.05, 0) is 32.9 Å². The number of nitrogens with one attached hydrogen (secondary N) is 1. The van der Waals surface area contributed by atoms with E-state index < -0.39 is 4.92 Å². The number of benzene rings is 1. The fraction of sp³-hybridized carbons (Fsp3) is 0.333. The zero-order valence-electron chi connectivity index (χ0n) is 13.1. The van der Waals surface area contributed by atoms with Crippen LogP contribution in [0.1, 0.15) is 26.8 Å². The van der Waals surface area contributed by atoms with Gasteiger partial charge in [0, 0.05) is 29.1 Å². The summed E-state index contributed by atoms with van der Waals surface area (Å²) >= 11 is 1.34. The number of amides is 1. The Hall–Kier alpha value is -2.35. The number of rotatable bonds is 6. The first kappa shape index (κ1) is 17.0. The van der Waals surface area contributed by atoms with Crippen LogP contribution in [0.3, 0.4) is 0 Å². The van der Waals surface area contributed by atoms with Gasteiger partial charge >= 0.3 is 0 Å². The molecular weight excluding hydrogens is 316 g/mol. The summed E-state index contributed by atoms with van der Waals surface area (Å²) in [7, 11) is 0. The van der Waals surface area contributed by atoms with Crippen LogP contribution in [-0.4, -0.2) is 25.9 Å². The number of non-ortho nitro benzene ring substituents is 1. The summed E-state index contributed by atoms with van der Waals surface area (Å²) in [5.74, 6) is 0.511. The standard InChI is InChI=1S/C15H18N4O3S/c1-10(2)18-14(8-9-16-18)17-15(20)11(3)23-13-6-4-12(5-7-13)19(21)22/h4-11H,1-3H3,(H,17,20). The van der Waals surface area contributed by atoms with Crippen LogP contribution in [0, 0.1) is 10.1 Å². The van der Waals surface area contributed by atoms with Gasteiger partial charge in [-0.25, -0.2) is 4.68 Å². The van der Waals surface area contributed by atoms with E-state index in [2.05, 4.69) is 10.4 Å². The van der Waals surface area contributed by atoms with Crippen molar-refractivity contribution < 1.29 is 9.72 Å². The minimum Gasteiger partial charge on any atom is -0.310 e. The molecular formula is C15H18N4O3S. The van der Waals surface area contributed by atoms with Crippen molar-refractivity contribution >= 4 is 29.2 Å². The molecule has 0 saturated carbocycles. The first-order valence-electron chi connectivity index (χ1n) is 7.14. The molecule has 1 N–H and O–H groups in total. The summed E-state index contributed by atoms with van der Waals surface area (Å²) in [4.78, 5) is 23.3. The predicted molar refractivity (Wildman–Crippen MR) is 89.7 cm³/mol. The number of nitrogens with zero attached hydrogens (tertiary/aromatic N) is 3. The molecule has 0 fully saturated rings. The molecule has 0 saturated heterocycles. The first-order chi connectivity index (χ1) is 10.9. The molecule has 7 nitrogen and oxygen atoms in total. The number of nitro benzene ring substituents is 1. The maximum Gasteiger partial charge on any atom is 0.269 e. The maximum atomic E-state index is 12.3. The molecule has 1 heterocycles. The first-order valence-corrected chi connectivity index (χ1v) is 8.02. The highest BCUT2D eigenvalue weighted by Crippen LogP contribution is 2.26. The summed E-state index contributed by atoms with van der Waals surface area (Å²) < 4.78 is 1.74. The van der Waals surface area contributed by atoms with Crippen molar-refractivity contribution in [1.82, 2.24) is 9.78 Å². The summed E-state index contributed by atoms with van der Waals surface area (Å²) in [5, 5.41) is 17.3. The van der Waals surface area contributed by atoms with E-state index in [1.54, 1.807) is 36.0 Å². The Morgan fingerprint density at radius 1 is 1.26 bits per heavy atom. The topological polar surface area (TPSA) is 90.1 Å². The summed E-state index contributed by atoms with van der Waals surface area (Å²) in [6, 6.07) is 8.05. The Kier molecular flexibility index (Phi) is 5.38. The maximum absolute atomic E-state index is 12.3. The van der Waals surface area contributed by atoms with Crippen molar-refractivity contribution in [2.45, 2.75) is 37.0 Å². The molecule has 1 aromatic carbocycles. The SMILES string of the molecule is CC(Sc1ccc([N+](=O)[O-])cc1)C(=O)Nc1ccnn1C(C)C. The van der Waals surface area contributed by atoms with E-state index in [4.69, 9.17) is 0 Å². The van der Waals surface area contributed by atoms with Crippen LogP contribution in [0.2, 0.25) is 0 Å². The fourth-order valence-electron chi connectivity index (χ4n) is 1.96. The molecule has 23 heavy (non-hydrogen) atoms. The van der Waals surface area contributed by atoms with Gasteiger partial charge in [-0.3, -0.25) is 14.9 Å². The third kappa shape index (κ3) is 4.32. The quantitative estimate of drug-likeness (QED) is 0.496. The zero-order chi connectivity index (χ0) is 17.0. The van der Waals surface area contributed by atoms with E-state index in [0.29, 0.717) is 5.82 Å². The van der Waals surface area contributed by atoms with Gasteiger partial charge in [0.25, 0.3) is 5.69 Å². The van der Waals surface area contributed by atoms with E-state index in [9.17, 15) is 14.9 Å². The number of aromatic nitrogens is 2. The molecule has 122 valence electrons. The molecule has 0 spiro atoms. The highest BCUT2D eigenvalue weighted by atomic mass is 32.2. The van der Waals surface area contributed by atoms with E-state index in [1.807, 2.05) is 13.8 Å². The Morgan fingerprint density at radius 2 is 1.91 bits per heavy atom. The lowest BCUT2D eigenvalue weighted by atomic mass is 10.3. The molecule has 1 aromatic heterocycles. The van der Waals surface area contributed by atoms with E-state index >= 15 is 0 Å². The largest absolute Gasteiger partial charge is 0.310 e. The Morgan fingerprint density at radius 3 is 2.48 bits per heavy atom. The van der Waals surface area contributed by atoms with Gasteiger partial charge in [0.2, 0.25) is 5.91 Å². The molecule has 8 heteroatoms. The second-order valence-electron chi connectivity index (χ2n) is 5.26. The number of hydrogen-bond acceptors (Lipinski definition) is 5. The monoisotopic (exact) mass is 334 g/mol. The minimum absolute atomic E-state index is 0.0345. The van der Waals surface area contributed by atoms with Crippen LogP contribution in [-0.2, 0) is 4.79 Å². The molecule has 1 unspecified atom stereocenters. The second-order valence-corrected chi connectivity index (χ2v) is 6.67. The van der Waals surface area contributed by atoms with Crippen LogP contribution < -0.4 is 5.32 Å². The summed E-state index contributed by atoms with van der Waals surface area (Å²) in [5.41, 5.74) is 0.0345. The van der Waals surface area contributed by atoms with Gasteiger partial charge in [-0.15, -0.1) is 11.8 Å². The normalized spacial score (nSPS) is 12.2. The number of nitro groups is 1. The van der Waals surface area contributed by atoms with E-state index in [0.717, 1.165) is 4.90 Å². The number of carbonyl (C=O) groups excluding carboxylic acids is 1. The second kappa shape index (κ2) is 7.28. The lowest BCUT2D eigenvalue weighted by Gasteiger charge is -2.15. The summed E-state index contributed by atoms with van der Waals surface area (Å²) in [6.45, 7) is 5.76. The van der Waals surface area contributed by atoms with Gasteiger partial charge < -0.3 is 5.32 Å². The van der Waals surface area contributed by atoms with Crippen LogP contribution >= 0.6 is 11.8 Å². The minimum atomic E-state index is -0.447. The lowest BCUT2D eigenvalue weighted by molar-refractivity contribution is -0.384. The average Bonchev–Trinajstić information content (AvgIpc) is 2.96. The number of carbonyl (C=O) groups is 1. The van der Waals surface area contributed by atoms with Gasteiger partial charge in [0.05, 0.1) is 16.4 Å². The highest BCUT2D eigenvalue weighted by molar-refractivity contribution is 8.00.